The minimum absolute atomic E-state index is 0.128. The fraction of sp³-hybridized carbons (Fsp3) is 0.509. The minimum Gasteiger partial charge on any atom is -0.496 e. The monoisotopic (exact) mass is 974 g/mol. The number of nitrogens with one attached hydrogen (secondary N) is 2. The second kappa shape index (κ2) is 17.4. The lowest BCUT2D eigenvalue weighted by Crippen LogP contribution is -2.81. The summed E-state index contributed by atoms with van der Waals surface area (Å²) >= 11 is 0. The third kappa shape index (κ3) is 6.91. The number of non-ortho nitro benzene ring substituents is 1. The van der Waals surface area contributed by atoms with E-state index in [1.54, 1.807) is 7.11 Å². The van der Waals surface area contributed by atoms with Crippen molar-refractivity contribution >= 4 is 46.3 Å². The van der Waals surface area contributed by atoms with Crippen LogP contribution in [0, 0.1) is 21.4 Å². The van der Waals surface area contributed by atoms with Crippen molar-refractivity contribution < 1.29 is 52.9 Å². The zero-order valence-corrected chi connectivity index (χ0v) is 41.2. The molecule has 18 heteroatoms. The van der Waals surface area contributed by atoms with E-state index in [9.17, 15) is 29.6 Å². The highest BCUT2D eigenvalue weighted by Gasteiger charge is 2.80. The maximum Gasteiger partial charge on any atom is 0.413 e. The number of piperidine rings is 1. The Hall–Kier alpha value is -6.50. The molecule has 0 radical (unpaired) electrons. The summed E-state index contributed by atoms with van der Waals surface area (Å²) < 4.78 is 29.9. The molecule has 4 aromatic rings. The van der Waals surface area contributed by atoms with Gasteiger partial charge in [0.2, 0.25) is 5.60 Å². The van der Waals surface area contributed by atoms with Gasteiger partial charge in [0.05, 0.1) is 37.8 Å². The average molecular weight is 975 g/mol. The summed E-state index contributed by atoms with van der Waals surface area (Å²) in [5.74, 6) is -1.77. The lowest BCUT2D eigenvalue weighted by atomic mass is 9.47. The van der Waals surface area contributed by atoms with E-state index >= 15 is 4.79 Å². The predicted molar refractivity (Wildman–Crippen MR) is 260 cm³/mol. The van der Waals surface area contributed by atoms with Gasteiger partial charge in [-0.05, 0) is 86.4 Å². The average Bonchev–Trinajstić information content (AvgIpc) is 4.03. The van der Waals surface area contributed by atoms with E-state index in [0.717, 1.165) is 22.0 Å². The Morgan fingerprint density at radius 3 is 2.37 bits per heavy atom. The van der Waals surface area contributed by atoms with Gasteiger partial charge in [0.15, 0.2) is 6.10 Å². The molecule has 5 aliphatic heterocycles. The number of aromatic amines is 1. The molecule has 2 bridgehead atoms. The summed E-state index contributed by atoms with van der Waals surface area (Å²) in [6, 6.07) is 15.9. The first-order chi connectivity index (χ1) is 34.0. The molecular weight excluding hydrogens is 913 g/mol. The molecule has 1 amide bonds. The Bertz CT molecular complexity index is 2870. The van der Waals surface area contributed by atoms with Gasteiger partial charge in [0.1, 0.15) is 16.9 Å². The number of anilines is 1. The van der Waals surface area contributed by atoms with E-state index in [-0.39, 0.29) is 29.8 Å². The van der Waals surface area contributed by atoms with Gasteiger partial charge in [-0.15, -0.1) is 0 Å². The van der Waals surface area contributed by atoms with Gasteiger partial charge >= 0.3 is 24.0 Å². The Kier molecular flexibility index (Phi) is 11.8. The van der Waals surface area contributed by atoms with Crippen molar-refractivity contribution in [3.8, 4) is 11.5 Å². The Morgan fingerprint density at radius 1 is 0.944 bits per heavy atom. The van der Waals surface area contributed by atoms with E-state index < -0.39 is 68.5 Å². The summed E-state index contributed by atoms with van der Waals surface area (Å²) in [5, 5.41) is 29.0. The van der Waals surface area contributed by atoms with Crippen LogP contribution in [-0.2, 0) is 45.8 Å². The first kappa shape index (κ1) is 48.1. The molecule has 3 aromatic carbocycles. The number of methoxy groups -OCH3 is 3. The number of benzene rings is 3. The molecule has 71 heavy (non-hydrogen) atoms. The van der Waals surface area contributed by atoms with Gasteiger partial charge in [0.25, 0.3) is 5.69 Å². The molecule has 2 saturated heterocycles. The number of likely N-dealkylation sites (N-methyl/N-ethyl adjacent to an activating group) is 1. The molecule has 1 aliphatic carbocycles. The van der Waals surface area contributed by atoms with Crippen LogP contribution in [0.15, 0.2) is 72.8 Å². The predicted octanol–water partition coefficient (Wildman–Crippen LogP) is 5.70. The topological polar surface area (TPSA) is 215 Å². The van der Waals surface area contributed by atoms with E-state index in [0.29, 0.717) is 87.5 Å². The first-order valence-electron chi connectivity index (χ1n) is 24.5. The number of aromatic nitrogens is 1. The molecule has 18 nitrogen and oxygen atoms in total. The fourth-order valence-electron chi connectivity index (χ4n) is 14.7. The molecular formula is C53H62N6O12. The number of fused-ring (bicyclic) bond motifs is 6. The molecule has 1 aromatic heterocycles. The molecule has 1 unspecified atom stereocenters. The number of hydrogen-bond donors (Lipinski definition) is 3. The second-order valence-corrected chi connectivity index (χ2v) is 20.5. The number of ether oxygens (including phenoxy) is 5. The number of carbonyl (C=O) groups excluding carboxylic acids is 4. The molecule has 3 N–H and O–H groups in total. The number of nitro benzene ring substituents is 1. The summed E-state index contributed by atoms with van der Waals surface area (Å²) in [6.07, 6.45) is 4.69. The second-order valence-electron chi connectivity index (χ2n) is 20.5. The van der Waals surface area contributed by atoms with Crippen LogP contribution in [-0.4, -0.2) is 139 Å². The molecule has 10 rings (SSSR count). The molecule has 6 heterocycles. The van der Waals surface area contributed by atoms with Crippen molar-refractivity contribution in [2.24, 2.45) is 11.3 Å². The van der Waals surface area contributed by atoms with Crippen molar-refractivity contribution in [1.29, 1.82) is 0 Å². The van der Waals surface area contributed by atoms with Crippen LogP contribution < -0.4 is 19.7 Å². The van der Waals surface area contributed by atoms with Crippen molar-refractivity contribution in [1.82, 2.24) is 20.1 Å². The van der Waals surface area contributed by atoms with Crippen LogP contribution in [0.25, 0.3) is 10.9 Å². The number of esters is 3. The largest absolute Gasteiger partial charge is 0.496 e. The quantitative estimate of drug-likeness (QED) is 0.0572. The Morgan fingerprint density at radius 2 is 1.69 bits per heavy atom. The lowest BCUT2D eigenvalue weighted by Gasteiger charge is -2.63. The van der Waals surface area contributed by atoms with Crippen LogP contribution in [0.5, 0.6) is 11.5 Å². The number of hydrogen-bond acceptors (Lipinski definition) is 15. The number of aliphatic hydroxyl groups is 1. The van der Waals surface area contributed by atoms with Crippen molar-refractivity contribution in [3.05, 3.63) is 105 Å². The summed E-state index contributed by atoms with van der Waals surface area (Å²) in [7, 11) is 6.03. The molecule has 1 saturated carbocycles. The normalized spacial score (nSPS) is 32.5. The molecule has 1 spiro atoms. The van der Waals surface area contributed by atoms with Crippen LogP contribution in [0.1, 0.15) is 75.3 Å². The van der Waals surface area contributed by atoms with Crippen LogP contribution in [0.3, 0.4) is 0 Å². The van der Waals surface area contributed by atoms with Gasteiger partial charge in [-0.25, -0.2) is 9.59 Å². The van der Waals surface area contributed by atoms with Gasteiger partial charge in [-0.2, -0.15) is 0 Å². The molecule has 376 valence electrons. The van der Waals surface area contributed by atoms with E-state index in [4.69, 9.17) is 23.7 Å². The van der Waals surface area contributed by atoms with Crippen LogP contribution >= 0.6 is 0 Å². The minimum atomic E-state index is -2.37. The molecule has 10 atom stereocenters. The van der Waals surface area contributed by atoms with Crippen molar-refractivity contribution in [2.75, 3.05) is 66.0 Å². The zero-order chi connectivity index (χ0) is 50.4. The molecule has 6 aliphatic rings. The smallest absolute Gasteiger partial charge is 0.413 e. The van der Waals surface area contributed by atoms with E-state index in [2.05, 4.69) is 32.2 Å². The number of H-pyrrole nitrogens is 1. The number of rotatable bonds is 10. The number of carbonyl (C=O) groups is 4. The number of nitro groups is 1. The highest BCUT2D eigenvalue weighted by molar-refractivity contribution is 5.95. The maximum atomic E-state index is 15.7. The number of amides is 1. The summed E-state index contributed by atoms with van der Waals surface area (Å²) in [5.41, 5.74) is -2.39. The first-order valence-corrected chi connectivity index (χ1v) is 24.5. The number of para-hydroxylation sites is 1. The van der Waals surface area contributed by atoms with Crippen molar-refractivity contribution in [3.63, 3.8) is 0 Å². The lowest BCUT2D eigenvalue weighted by molar-refractivity contribution is -0.384. The number of nitrogens with zero attached hydrogens (tertiary/aromatic N) is 4. The molecule has 3 fully saturated rings. The van der Waals surface area contributed by atoms with Gasteiger partial charge in [0, 0.05) is 103 Å². The summed E-state index contributed by atoms with van der Waals surface area (Å²) in [4.78, 5) is 78.4. The van der Waals surface area contributed by atoms with Gasteiger partial charge in [-0.3, -0.25) is 24.6 Å². The van der Waals surface area contributed by atoms with Crippen LogP contribution in [0.4, 0.5) is 16.2 Å². The highest BCUT2D eigenvalue weighted by Crippen LogP contribution is 2.68. The van der Waals surface area contributed by atoms with E-state index in [1.165, 1.54) is 45.4 Å². The Balaban J connectivity index is 1.17. The standard InChI is InChI=1S/C53H62N6O12/c1-8-49(55-48(63)71-34-17-15-33(16-18-34)59(65)66)27-32-28-52(46(61)68-6,42-36(19-23-57(29-32)30-49)35-13-10-11-14-39(35)54-42)38-25-37-40(26-41(38)67-5)56(4)44-51(37)21-24-58-22-12-20-50(9-2,43(51)58)45(70-31(3)60)53(44,64)47(62)69-7/h10-18,20,25-26,32,43-45,54,64H,8-9,19,21-24,27-30H2,1-7H3,(H,55,63)/t32-,43-,44+,45+,49-,50+,51+,52-,53-/m0/s1. The Labute approximate surface area is 411 Å². The zero-order valence-electron chi connectivity index (χ0n) is 41.2. The third-order valence-electron chi connectivity index (χ3n) is 17.3. The SMILES string of the molecule is CC[C@]1(NC(=O)Oc2ccc([N+](=O)[O-])cc2)C[C@@H]2CN(CCc3c([nH]c4ccccc34)[C@@](C(=O)OC)(c3cc4c(cc3OC)N(C)[C@H]3[C@@](O)(C(=O)OC)[C@H](OC(C)=O)[C@]5(CC)C=CCN6CC[C@]43[C@@H]65)C2)C1. The van der Waals surface area contributed by atoms with Crippen LogP contribution in [0.2, 0.25) is 0 Å². The summed E-state index contributed by atoms with van der Waals surface area (Å²) in [6.45, 7) is 8.19. The fourth-order valence-corrected chi connectivity index (χ4v) is 14.7. The maximum absolute atomic E-state index is 15.7. The van der Waals surface area contributed by atoms with Gasteiger partial charge < -0.3 is 48.9 Å². The van der Waals surface area contributed by atoms with E-state index in [1.807, 2.05) is 62.2 Å². The van der Waals surface area contributed by atoms with Crippen molar-refractivity contribution in [2.45, 2.75) is 99.5 Å². The third-order valence-corrected chi connectivity index (χ3v) is 17.3. The van der Waals surface area contributed by atoms with Gasteiger partial charge in [-0.1, -0.05) is 44.2 Å². The highest BCUT2D eigenvalue weighted by atomic mass is 16.6.